The first-order valence-electron chi connectivity index (χ1n) is 7.01. The summed E-state index contributed by atoms with van der Waals surface area (Å²) in [7, 11) is 1.96. The summed E-state index contributed by atoms with van der Waals surface area (Å²) in [6.45, 7) is 4.47. The molecule has 2 heterocycles. The van der Waals surface area contributed by atoms with Crippen LogP contribution in [0.3, 0.4) is 0 Å². The van der Waals surface area contributed by atoms with Crippen LogP contribution >= 0.6 is 11.3 Å². The second-order valence-corrected chi connectivity index (χ2v) is 6.16. The summed E-state index contributed by atoms with van der Waals surface area (Å²) < 4.78 is 0. The zero-order chi connectivity index (χ0) is 15.2. The monoisotopic (exact) mass is 303 g/mol. The Kier molecular flexibility index (Phi) is 5.47. The summed E-state index contributed by atoms with van der Waals surface area (Å²) in [6, 6.07) is 8.23. The number of hydrogen-bond donors (Lipinski definition) is 1. The summed E-state index contributed by atoms with van der Waals surface area (Å²) in [5, 5.41) is 5.06. The van der Waals surface area contributed by atoms with E-state index in [4.69, 9.17) is 0 Å². The van der Waals surface area contributed by atoms with E-state index in [-0.39, 0.29) is 18.0 Å². The smallest absolute Gasteiger partial charge is 0.234 e. The van der Waals surface area contributed by atoms with Crippen LogP contribution in [0.15, 0.2) is 42.0 Å². The van der Waals surface area contributed by atoms with Gasteiger partial charge in [0.2, 0.25) is 5.91 Å². The zero-order valence-electron chi connectivity index (χ0n) is 12.6. The number of amides is 1. The van der Waals surface area contributed by atoms with Crippen molar-refractivity contribution in [1.82, 2.24) is 15.2 Å². The molecule has 2 aromatic heterocycles. The number of pyridine rings is 1. The molecule has 0 spiro atoms. The molecule has 0 fully saturated rings. The van der Waals surface area contributed by atoms with E-state index < -0.39 is 0 Å². The van der Waals surface area contributed by atoms with Crippen molar-refractivity contribution in [3.8, 4) is 0 Å². The number of carbonyl (C=O) groups excluding carboxylic acids is 1. The first-order valence-corrected chi connectivity index (χ1v) is 7.89. The molecule has 112 valence electrons. The maximum Gasteiger partial charge on any atom is 0.234 e. The lowest BCUT2D eigenvalue weighted by atomic mass is 10.1. The minimum atomic E-state index is 0.0410. The molecule has 0 saturated carbocycles. The molecule has 0 aliphatic carbocycles. The molecule has 2 atom stereocenters. The second kappa shape index (κ2) is 7.33. The van der Waals surface area contributed by atoms with Crippen molar-refractivity contribution in [3.63, 3.8) is 0 Å². The molecule has 1 amide bonds. The molecule has 0 saturated heterocycles. The average Bonchev–Trinajstić information content (AvgIpc) is 3.01. The number of hydrogen-bond acceptors (Lipinski definition) is 4. The van der Waals surface area contributed by atoms with Crippen LogP contribution in [-0.2, 0) is 4.79 Å². The second-order valence-electron chi connectivity index (χ2n) is 5.18. The lowest BCUT2D eigenvalue weighted by molar-refractivity contribution is -0.123. The van der Waals surface area contributed by atoms with Crippen LogP contribution in [0.4, 0.5) is 0 Å². The third-order valence-electron chi connectivity index (χ3n) is 3.59. The Balaban J connectivity index is 1.87. The predicted molar refractivity (Wildman–Crippen MR) is 86.2 cm³/mol. The highest BCUT2D eigenvalue weighted by Crippen LogP contribution is 2.19. The van der Waals surface area contributed by atoms with Crippen LogP contribution in [-0.4, -0.2) is 29.4 Å². The fourth-order valence-electron chi connectivity index (χ4n) is 2.16. The van der Waals surface area contributed by atoms with E-state index in [0.29, 0.717) is 6.54 Å². The van der Waals surface area contributed by atoms with E-state index in [0.717, 1.165) is 5.56 Å². The van der Waals surface area contributed by atoms with Crippen LogP contribution in [0.2, 0.25) is 0 Å². The quantitative estimate of drug-likeness (QED) is 0.892. The molecule has 5 heteroatoms. The SMILES string of the molecule is C[C@@H](NC(=O)CN(C)[C@@H](C)c1ccncc1)c1cccs1. The topological polar surface area (TPSA) is 45.2 Å². The van der Waals surface area contributed by atoms with Gasteiger partial charge in [-0.3, -0.25) is 14.7 Å². The van der Waals surface area contributed by atoms with Crippen molar-refractivity contribution in [1.29, 1.82) is 0 Å². The highest BCUT2D eigenvalue weighted by molar-refractivity contribution is 7.10. The molecule has 21 heavy (non-hydrogen) atoms. The number of aromatic nitrogens is 1. The van der Waals surface area contributed by atoms with Gasteiger partial charge in [-0.05, 0) is 50.0 Å². The van der Waals surface area contributed by atoms with Gasteiger partial charge >= 0.3 is 0 Å². The highest BCUT2D eigenvalue weighted by Gasteiger charge is 2.16. The molecule has 2 aromatic rings. The Morgan fingerprint density at radius 1 is 1.33 bits per heavy atom. The lowest BCUT2D eigenvalue weighted by Gasteiger charge is -2.25. The first-order chi connectivity index (χ1) is 10.1. The van der Waals surface area contributed by atoms with Gasteiger partial charge < -0.3 is 5.32 Å². The van der Waals surface area contributed by atoms with Crippen molar-refractivity contribution in [2.24, 2.45) is 0 Å². The van der Waals surface area contributed by atoms with Crippen molar-refractivity contribution >= 4 is 17.2 Å². The highest BCUT2D eigenvalue weighted by atomic mass is 32.1. The van der Waals surface area contributed by atoms with Crippen LogP contribution in [0.25, 0.3) is 0 Å². The molecule has 0 bridgehead atoms. The molecule has 2 rings (SSSR count). The Bertz CT molecular complexity index is 556. The molecular formula is C16H21N3OS. The minimum absolute atomic E-state index is 0.0410. The maximum atomic E-state index is 12.1. The predicted octanol–water partition coefficient (Wildman–Crippen LogP) is 3.01. The minimum Gasteiger partial charge on any atom is -0.348 e. The Morgan fingerprint density at radius 3 is 2.67 bits per heavy atom. The van der Waals surface area contributed by atoms with Crippen LogP contribution in [0.1, 0.15) is 36.4 Å². The third kappa shape index (κ3) is 4.37. The maximum absolute atomic E-state index is 12.1. The Morgan fingerprint density at radius 2 is 2.05 bits per heavy atom. The van der Waals surface area contributed by atoms with E-state index in [9.17, 15) is 4.79 Å². The fraction of sp³-hybridized carbons (Fsp3) is 0.375. The molecule has 0 aliphatic heterocycles. The molecule has 0 aromatic carbocycles. The summed E-state index contributed by atoms with van der Waals surface area (Å²) >= 11 is 1.66. The molecule has 1 N–H and O–H groups in total. The number of nitrogens with one attached hydrogen (secondary N) is 1. The van der Waals surface area contributed by atoms with E-state index in [1.165, 1.54) is 4.88 Å². The van der Waals surface area contributed by atoms with Gasteiger partial charge in [0.25, 0.3) is 0 Å². The van der Waals surface area contributed by atoms with Crippen molar-refractivity contribution < 1.29 is 4.79 Å². The summed E-state index contributed by atoms with van der Waals surface area (Å²) in [4.78, 5) is 19.4. The Labute approximate surface area is 129 Å². The zero-order valence-corrected chi connectivity index (χ0v) is 13.4. The number of carbonyl (C=O) groups is 1. The van der Waals surface area contributed by atoms with Gasteiger partial charge in [-0.15, -0.1) is 11.3 Å². The van der Waals surface area contributed by atoms with Crippen LogP contribution < -0.4 is 5.32 Å². The van der Waals surface area contributed by atoms with Gasteiger partial charge in [0.15, 0.2) is 0 Å². The number of likely N-dealkylation sites (N-methyl/N-ethyl adjacent to an activating group) is 1. The molecular weight excluding hydrogens is 282 g/mol. The van der Waals surface area contributed by atoms with Gasteiger partial charge in [-0.25, -0.2) is 0 Å². The van der Waals surface area contributed by atoms with Gasteiger partial charge in [-0.2, -0.15) is 0 Å². The number of rotatable bonds is 6. The summed E-state index contributed by atoms with van der Waals surface area (Å²) in [5.41, 5.74) is 1.16. The van der Waals surface area contributed by atoms with Crippen molar-refractivity contribution in [2.75, 3.05) is 13.6 Å². The Hall–Kier alpha value is -1.72. The van der Waals surface area contributed by atoms with Gasteiger partial charge in [0.05, 0.1) is 12.6 Å². The number of nitrogens with zero attached hydrogens (tertiary/aromatic N) is 2. The number of thiophene rings is 1. The van der Waals surface area contributed by atoms with Gasteiger partial charge in [0.1, 0.15) is 0 Å². The lowest BCUT2D eigenvalue weighted by Crippen LogP contribution is -2.37. The molecule has 0 radical (unpaired) electrons. The van der Waals surface area contributed by atoms with Gasteiger partial charge in [0, 0.05) is 23.3 Å². The van der Waals surface area contributed by atoms with Crippen molar-refractivity contribution in [3.05, 3.63) is 52.5 Å². The first kappa shape index (κ1) is 15.7. The average molecular weight is 303 g/mol. The summed E-state index contributed by atoms with van der Waals surface area (Å²) in [6.07, 6.45) is 3.55. The fourth-order valence-corrected chi connectivity index (χ4v) is 2.89. The standard InChI is InChI=1S/C16H21N3OS/c1-12(15-5-4-10-21-15)18-16(20)11-19(3)13(2)14-6-8-17-9-7-14/h4-10,12-13H,11H2,1-3H3,(H,18,20)/t12-,13+/m1/s1. The van der Waals surface area contributed by atoms with E-state index in [2.05, 4.69) is 17.2 Å². The largest absolute Gasteiger partial charge is 0.348 e. The third-order valence-corrected chi connectivity index (χ3v) is 4.65. The van der Waals surface area contributed by atoms with Crippen molar-refractivity contribution in [2.45, 2.75) is 25.9 Å². The van der Waals surface area contributed by atoms with Crippen LogP contribution in [0.5, 0.6) is 0 Å². The van der Waals surface area contributed by atoms with Crippen LogP contribution in [0, 0.1) is 0 Å². The van der Waals surface area contributed by atoms with Gasteiger partial charge in [-0.1, -0.05) is 6.07 Å². The molecule has 0 unspecified atom stereocenters. The normalized spacial score (nSPS) is 13.9. The van der Waals surface area contributed by atoms with E-state index >= 15 is 0 Å². The molecule has 4 nitrogen and oxygen atoms in total. The molecule has 0 aliphatic rings. The van der Waals surface area contributed by atoms with E-state index in [1.54, 1.807) is 23.7 Å². The van der Waals surface area contributed by atoms with E-state index in [1.807, 2.05) is 48.5 Å². The summed E-state index contributed by atoms with van der Waals surface area (Å²) in [5.74, 6) is 0.0410.